The lowest BCUT2D eigenvalue weighted by Gasteiger charge is -2.32. The van der Waals surface area contributed by atoms with Crippen LogP contribution in [0, 0.1) is 0 Å². The van der Waals surface area contributed by atoms with Crippen LogP contribution >= 0.6 is 12.1 Å². The lowest BCUT2D eigenvalue weighted by molar-refractivity contribution is 0.277. The Kier molecular flexibility index (Phi) is 3.40. The zero-order chi connectivity index (χ0) is 12.5. The summed E-state index contributed by atoms with van der Waals surface area (Å²) >= 11 is 1.53. The first-order valence-corrected chi connectivity index (χ1v) is 6.50. The quantitative estimate of drug-likeness (QED) is 0.781. The monoisotopic (exact) mass is 250 g/mol. The predicted molar refractivity (Wildman–Crippen MR) is 72.7 cm³/mol. The summed E-state index contributed by atoms with van der Waals surface area (Å²) in [5.41, 5.74) is 2.00. The molecular formula is C12H18N4S. The van der Waals surface area contributed by atoms with Crippen molar-refractivity contribution in [3.8, 4) is 0 Å². The van der Waals surface area contributed by atoms with Crippen LogP contribution in [-0.4, -0.2) is 31.3 Å². The van der Waals surface area contributed by atoms with Gasteiger partial charge in [-0.2, -0.15) is 0 Å². The molecule has 1 aromatic carbocycles. The lowest BCUT2D eigenvalue weighted by Crippen LogP contribution is -2.36. The lowest BCUT2D eigenvalue weighted by atomic mass is 10.0. The van der Waals surface area contributed by atoms with Gasteiger partial charge in [0.2, 0.25) is 0 Å². The fraction of sp³-hybridized carbons (Fsp3) is 0.500. The number of nitrogens with zero attached hydrogens (tertiary/aromatic N) is 4. The Hall–Kier alpha value is -1.07. The Morgan fingerprint density at radius 2 is 1.76 bits per heavy atom. The molecule has 0 aliphatic heterocycles. The third-order valence-corrected chi connectivity index (χ3v) is 4.23. The summed E-state index contributed by atoms with van der Waals surface area (Å²) in [7, 11) is 2.07. The highest BCUT2D eigenvalue weighted by Gasteiger charge is 2.23. The van der Waals surface area contributed by atoms with Gasteiger partial charge in [-0.1, -0.05) is 19.1 Å². The summed E-state index contributed by atoms with van der Waals surface area (Å²) in [6.07, 6.45) is 1.08. The molecule has 4 nitrogen and oxygen atoms in total. The number of hydrogen-bond acceptors (Lipinski definition) is 4. The van der Waals surface area contributed by atoms with Gasteiger partial charge in [-0.25, -0.2) is 4.31 Å². The largest absolute Gasteiger partial charge is 0.227 e. The van der Waals surface area contributed by atoms with Gasteiger partial charge in [0.05, 0.1) is 12.1 Å². The van der Waals surface area contributed by atoms with Gasteiger partial charge in [-0.3, -0.25) is 0 Å². The van der Waals surface area contributed by atoms with E-state index in [9.17, 15) is 0 Å². The van der Waals surface area contributed by atoms with E-state index in [0.29, 0.717) is 0 Å². The normalized spacial score (nSPS) is 12.5. The molecule has 0 atom stereocenters. The maximum Gasteiger partial charge on any atom is 0.114 e. The molecular weight excluding hydrogens is 232 g/mol. The van der Waals surface area contributed by atoms with E-state index in [0.717, 1.165) is 17.5 Å². The molecule has 17 heavy (non-hydrogen) atoms. The van der Waals surface area contributed by atoms with E-state index >= 15 is 0 Å². The van der Waals surface area contributed by atoms with Crippen molar-refractivity contribution in [1.82, 2.24) is 18.7 Å². The molecule has 0 saturated heterocycles. The fourth-order valence-corrected chi connectivity index (χ4v) is 2.14. The zero-order valence-electron chi connectivity index (χ0n) is 10.7. The van der Waals surface area contributed by atoms with Crippen molar-refractivity contribution in [3.63, 3.8) is 0 Å². The maximum absolute atomic E-state index is 4.43. The highest BCUT2D eigenvalue weighted by molar-refractivity contribution is 7.95. The Bertz CT molecular complexity index is 473. The molecule has 0 fully saturated rings. The maximum atomic E-state index is 4.43. The van der Waals surface area contributed by atoms with Crippen molar-refractivity contribution >= 4 is 23.2 Å². The van der Waals surface area contributed by atoms with Crippen LogP contribution in [-0.2, 0) is 0 Å². The van der Waals surface area contributed by atoms with Gasteiger partial charge >= 0.3 is 0 Å². The smallest absolute Gasteiger partial charge is 0.114 e. The van der Waals surface area contributed by atoms with Crippen LogP contribution in [0.2, 0.25) is 0 Å². The molecule has 92 valence electrons. The van der Waals surface area contributed by atoms with Crippen LogP contribution < -0.4 is 0 Å². The van der Waals surface area contributed by atoms with E-state index in [2.05, 4.69) is 42.3 Å². The average molecular weight is 250 g/mol. The first-order chi connectivity index (χ1) is 8.03. The molecule has 0 spiro atoms. The molecule has 0 bridgehead atoms. The summed E-state index contributed by atoms with van der Waals surface area (Å²) in [6.45, 7) is 6.61. The number of hydrogen-bond donors (Lipinski definition) is 0. The molecule has 0 amide bonds. The first kappa shape index (κ1) is 12.4. The average Bonchev–Trinajstić information content (AvgIpc) is 2.70. The number of rotatable bonds is 4. The minimum atomic E-state index is 0.129. The van der Waals surface area contributed by atoms with Gasteiger partial charge in [0, 0.05) is 5.54 Å². The molecule has 5 heteroatoms. The van der Waals surface area contributed by atoms with Crippen LogP contribution in [0.5, 0.6) is 0 Å². The van der Waals surface area contributed by atoms with Crippen LogP contribution in [0.1, 0.15) is 27.2 Å². The van der Waals surface area contributed by atoms with E-state index in [1.54, 1.807) is 4.20 Å². The third kappa shape index (κ3) is 2.61. The Labute approximate surface area is 106 Å². The first-order valence-electron chi connectivity index (χ1n) is 5.77. The van der Waals surface area contributed by atoms with Gasteiger partial charge < -0.3 is 0 Å². The van der Waals surface area contributed by atoms with E-state index in [1.807, 2.05) is 24.3 Å². The van der Waals surface area contributed by atoms with Gasteiger partial charge in [0.1, 0.15) is 11.0 Å². The Balaban J connectivity index is 2.18. The van der Waals surface area contributed by atoms with Crippen molar-refractivity contribution in [2.24, 2.45) is 0 Å². The summed E-state index contributed by atoms with van der Waals surface area (Å²) in [5, 5.41) is 8.85. The highest BCUT2D eigenvalue weighted by atomic mass is 32.2. The van der Waals surface area contributed by atoms with E-state index in [4.69, 9.17) is 0 Å². The van der Waals surface area contributed by atoms with E-state index in [1.165, 1.54) is 12.1 Å². The SMILES string of the molecule is CCC(C)(C)N(C)Sn1nc2ccccc2n1. The molecule has 2 rings (SSSR count). The molecule has 0 radical (unpaired) electrons. The number of benzene rings is 1. The summed E-state index contributed by atoms with van der Waals surface area (Å²) in [6, 6.07) is 7.91. The van der Waals surface area contributed by atoms with Gasteiger partial charge in [-0.15, -0.1) is 14.4 Å². The van der Waals surface area contributed by atoms with Gasteiger partial charge in [0.25, 0.3) is 0 Å². The van der Waals surface area contributed by atoms with Crippen molar-refractivity contribution in [2.75, 3.05) is 7.05 Å². The molecule has 1 heterocycles. The molecule has 0 unspecified atom stereocenters. The molecule has 0 N–H and O–H groups in total. The Morgan fingerprint density at radius 3 is 2.24 bits per heavy atom. The molecule has 1 aromatic heterocycles. The van der Waals surface area contributed by atoms with E-state index < -0.39 is 0 Å². The zero-order valence-corrected chi connectivity index (χ0v) is 11.5. The highest BCUT2D eigenvalue weighted by Crippen LogP contribution is 2.25. The summed E-state index contributed by atoms with van der Waals surface area (Å²) in [5.74, 6) is 0. The number of fused-ring (bicyclic) bond motifs is 1. The molecule has 0 aliphatic carbocycles. The minimum absolute atomic E-state index is 0.129. The van der Waals surface area contributed by atoms with Gasteiger partial charge in [-0.05, 0) is 39.4 Å². The molecule has 0 saturated carbocycles. The number of aromatic nitrogens is 3. The fourth-order valence-electron chi connectivity index (χ4n) is 1.32. The topological polar surface area (TPSA) is 34.0 Å². The van der Waals surface area contributed by atoms with Crippen molar-refractivity contribution < 1.29 is 0 Å². The second kappa shape index (κ2) is 4.66. The van der Waals surface area contributed by atoms with Crippen molar-refractivity contribution in [1.29, 1.82) is 0 Å². The van der Waals surface area contributed by atoms with Crippen LogP contribution in [0.15, 0.2) is 24.3 Å². The van der Waals surface area contributed by atoms with Crippen molar-refractivity contribution in [3.05, 3.63) is 24.3 Å². The minimum Gasteiger partial charge on any atom is -0.227 e. The second-order valence-electron chi connectivity index (χ2n) is 4.69. The predicted octanol–water partition coefficient (Wildman–Crippen LogP) is 2.96. The second-order valence-corrected chi connectivity index (χ2v) is 5.72. The summed E-state index contributed by atoms with van der Waals surface area (Å²) < 4.78 is 3.87. The van der Waals surface area contributed by atoms with Crippen LogP contribution in [0.4, 0.5) is 0 Å². The van der Waals surface area contributed by atoms with Crippen molar-refractivity contribution in [2.45, 2.75) is 32.7 Å². The third-order valence-electron chi connectivity index (χ3n) is 3.18. The standard InChI is InChI=1S/C12H18N4S/c1-5-12(2,3)15(4)17-16-13-10-8-6-7-9-11(10)14-16/h6-9H,5H2,1-4H3. The van der Waals surface area contributed by atoms with E-state index in [-0.39, 0.29) is 5.54 Å². The molecule has 0 aliphatic rings. The summed E-state index contributed by atoms with van der Waals surface area (Å²) in [4.78, 5) is 0. The van der Waals surface area contributed by atoms with Gasteiger partial charge in [0.15, 0.2) is 0 Å². The Morgan fingerprint density at radius 1 is 1.24 bits per heavy atom. The van der Waals surface area contributed by atoms with Crippen LogP contribution in [0.25, 0.3) is 11.0 Å². The van der Waals surface area contributed by atoms with Crippen LogP contribution in [0.3, 0.4) is 0 Å². The molecule has 2 aromatic rings.